The van der Waals surface area contributed by atoms with Crippen molar-refractivity contribution in [3.8, 4) is 11.1 Å². The third-order valence-electron chi connectivity index (χ3n) is 12.3. The number of quaternary nitrogens is 1. The summed E-state index contributed by atoms with van der Waals surface area (Å²) in [6, 6.07) is 65.8. The molecular formula is C52H42N3S+. The van der Waals surface area contributed by atoms with Crippen LogP contribution in [0.2, 0.25) is 0 Å². The van der Waals surface area contributed by atoms with Crippen LogP contribution >= 0.6 is 11.3 Å². The van der Waals surface area contributed by atoms with Crippen LogP contribution in [-0.2, 0) is 0 Å². The molecule has 270 valence electrons. The molecule has 6 unspecified atom stereocenters. The molecule has 8 aromatic rings. The maximum Gasteiger partial charge on any atom is 0.188 e. The Balaban J connectivity index is 1.02. The molecule has 2 N–H and O–H groups in total. The molecule has 1 aliphatic carbocycles. The van der Waals surface area contributed by atoms with Crippen LogP contribution in [0.4, 0.5) is 17.1 Å². The van der Waals surface area contributed by atoms with Crippen LogP contribution in [0.3, 0.4) is 0 Å². The summed E-state index contributed by atoms with van der Waals surface area (Å²) in [6.45, 7) is 2.39. The van der Waals surface area contributed by atoms with E-state index in [2.05, 4.69) is 211 Å². The summed E-state index contributed by atoms with van der Waals surface area (Å²) in [5.41, 5.74) is 12.8. The number of fused-ring (bicyclic) bond motifs is 6. The summed E-state index contributed by atoms with van der Waals surface area (Å²) >= 11 is 1.90. The Morgan fingerprint density at radius 2 is 1.39 bits per heavy atom. The largest absolute Gasteiger partial charge is 0.333 e. The molecule has 0 spiro atoms. The molecule has 4 heteroatoms. The third kappa shape index (κ3) is 5.59. The average Bonchev–Trinajstić information content (AvgIpc) is 3.60. The fourth-order valence-corrected chi connectivity index (χ4v) is 10.8. The number of nitrogens with zero attached hydrogens (tertiary/aromatic N) is 1. The first-order valence-corrected chi connectivity index (χ1v) is 20.6. The number of hydrogen-bond donors (Lipinski definition) is 2. The first-order chi connectivity index (χ1) is 27.7. The van der Waals surface area contributed by atoms with Gasteiger partial charge in [0.25, 0.3) is 0 Å². The number of nitrogens with one attached hydrogen (secondary N) is 2. The standard InChI is InChI=1S/C52H41N3S/c1-34-50(36-17-7-3-8-18-36)54(34)52(53-40-20-9-4-10-21-40)39-19-13-22-41(31-39)55-47-29-27-37(35-15-5-2-6-16-35)32-45(47)46-33-38(28-30-48(46)55)42-24-14-25-44-43-23-11-12-26-49(43)56-51(42)44/h2-34,45,47,50,52-53H,1H3/p+1. The van der Waals surface area contributed by atoms with E-state index < -0.39 is 0 Å². The van der Waals surface area contributed by atoms with Gasteiger partial charge in [0.15, 0.2) is 12.2 Å². The summed E-state index contributed by atoms with van der Waals surface area (Å²) < 4.78 is 2.69. The maximum absolute atomic E-state index is 3.98. The molecule has 2 aliphatic heterocycles. The van der Waals surface area contributed by atoms with Crippen molar-refractivity contribution in [2.45, 2.75) is 37.1 Å². The fourth-order valence-electron chi connectivity index (χ4n) is 9.59. The predicted octanol–water partition coefficient (Wildman–Crippen LogP) is 12.1. The minimum atomic E-state index is 0.0890. The van der Waals surface area contributed by atoms with Crippen LogP contribution in [0.1, 0.15) is 47.3 Å². The highest BCUT2D eigenvalue weighted by atomic mass is 32.1. The Labute approximate surface area is 332 Å². The quantitative estimate of drug-likeness (QED) is 0.151. The number of hydrogen-bond acceptors (Lipinski definition) is 3. The molecule has 0 radical (unpaired) electrons. The van der Waals surface area contributed by atoms with Gasteiger partial charge in [0, 0.05) is 54.3 Å². The van der Waals surface area contributed by atoms with Crippen molar-refractivity contribution in [2.75, 3.05) is 10.2 Å². The molecule has 1 saturated heterocycles. The van der Waals surface area contributed by atoms with E-state index in [4.69, 9.17) is 0 Å². The summed E-state index contributed by atoms with van der Waals surface area (Å²) in [5, 5.41) is 6.65. The molecule has 0 amide bonds. The highest BCUT2D eigenvalue weighted by Crippen LogP contribution is 2.51. The van der Waals surface area contributed by atoms with Gasteiger partial charge in [-0.15, -0.1) is 11.3 Å². The molecule has 56 heavy (non-hydrogen) atoms. The first kappa shape index (κ1) is 33.2. The highest BCUT2D eigenvalue weighted by Gasteiger charge is 2.56. The third-order valence-corrected chi connectivity index (χ3v) is 13.5. The van der Waals surface area contributed by atoms with Crippen LogP contribution in [0.5, 0.6) is 0 Å². The summed E-state index contributed by atoms with van der Waals surface area (Å²) in [7, 11) is 0. The summed E-state index contributed by atoms with van der Waals surface area (Å²) in [5.74, 6) is 0.203. The monoisotopic (exact) mass is 740 g/mol. The molecule has 3 aliphatic rings. The summed E-state index contributed by atoms with van der Waals surface area (Å²) in [6.07, 6.45) is 7.38. The summed E-state index contributed by atoms with van der Waals surface area (Å²) in [4.78, 5) is 4.14. The molecule has 7 aromatic carbocycles. The number of benzene rings is 7. The smallest absolute Gasteiger partial charge is 0.188 e. The van der Waals surface area contributed by atoms with Crippen LogP contribution < -0.4 is 15.1 Å². The van der Waals surface area contributed by atoms with Gasteiger partial charge in [-0.3, -0.25) is 4.90 Å². The highest BCUT2D eigenvalue weighted by molar-refractivity contribution is 7.26. The number of rotatable bonds is 8. The van der Waals surface area contributed by atoms with E-state index in [-0.39, 0.29) is 18.1 Å². The zero-order chi connectivity index (χ0) is 37.2. The minimum Gasteiger partial charge on any atom is -0.333 e. The second kappa shape index (κ2) is 13.5. The van der Waals surface area contributed by atoms with E-state index in [1.54, 1.807) is 4.90 Å². The lowest BCUT2D eigenvalue weighted by molar-refractivity contribution is -0.823. The van der Waals surface area contributed by atoms with E-state index in [0.29, 0.717) is 12.1 Å². The maximum atomic E-state index is 3.98. The zero-order valence-corrected chi connectivity index (χ0v) is 32.0. The van der Waals surface area contributed by atoms with Crippen LogP contribution in [0.25, 0.3) is 36.9 Å². The second-order valence-electron chi connectivity index (χ2n) is 15.5. The molecule has 3 heterocycles. The van der Waals surface area contributed by atoms with Crippen molar-refractivity contribution in [1.29, 1.82) is 0 Å². The number of para-hydroxylation sites is 1. The molecule has 0 saturated carbocycles. The molecule has 0 bridgehead atoms. The van der Waals surface area contributed by atoms with Crippen molar-refractivity contribution in [2.24, 2.45) is 0 Å². The molecule has 1 aromatic heterocycles. The van der Waals surface area contributed by atoms with Crippen LogP contribution in [0.15, 0.2) is 194 Å². The van der Waals surface area contributed by atoms with E-state index in [1.807, 2.05) is 11.3 Å². The molecule has 6 atom stereocenters. The number of anilines is 3. The van der Waals surface area contributed by atoms with Crippen molar-refractivity contribution in [3.63, 3.8) is 0 Å². The van der Waals surface area contributed by atoms with Crippen molar-refractivity contribution >= 4 is 54.1 Å². The predicted molar refractivity (Wildman–Crippen MR) is 236 cm³/mol. The van der Waals surface area contributed by atoms with Crippen LogP contribution in [-0.4, -0.2) is 12.1 Å². The van der Waals surface area contributed by atoms with E-state index in [0.717, 1.165) is 5.69 Å². The van der Waals surface area contributed by atoms with Gasteiger partial charge in [0.05, 0.1) is 6.04 Å². The lowest BCUT2D eigenvalue weighted by Gasteiger charge is -2.30. The Morgan fingerprint density at radius 1 is 0.661 bits per heavy atom. The van der Waals surface area contributed by atoms with Gasteiger partial charge >= 0.3 is 0 Å². The van der Waals surface area contributed by atoms with E-state index in [1.165, 1.54) is 70.5 Å². The SMILES string of the molecule is CC1C(c2ccccc2)[NH+]1C(Nc1ccccc1)c1cccc(N2c3ccc(-c4cccc5c4sc4ccccc45)cc3C3C=C(c4ccccc4)C=CC32)c1. The molecule has 1 fully saturated rings. The molecular weight excluding hydrogens is 699 g/mol. The van der Waals surface area contributed by atoms with Gasteiger partial charge in [-0.05, 0) is 77.2 Å². The Kier molecular flexibility index (Phi) is 8.01. The van der Waals surface area contributed by atoms with Gasteiger partial charge in [-0.1, -0.05) is 152 Å². The van der Waals surface area contributed by atoms with Gasteiger partial charge in [-0.25, -0.2) is 0 Å². The average molecular weight is 741 g/mol. The minimum absolute atomic E-state index is 0.0890. The topological polar surface area (TPSA) is 19.7 Å². The first-order valence-electron chi connectivity index (χ1n) is 19.8. The Bertz CT molecular complexity index is 2790. The second-order valence-corrected chi connectivity index (χ2v) is 16.6. The van der Waals surface area contributed by atoms with Crippen molar-refractivity contribution < 1.29 is 4.90 Å². The molecule has 3 nitrogen and oxygen atoms in total. The van der Waals surface area contributed by atoms with Gasteiger partial charge < -0.3 is 10.2 Å². The van der Waals surface area contributed by atoms with E-state index >= 15 is 0 Å². The number of allylic oxidation sites excluding steroid dienone is 2. The number of thiophene rings is 1. The fraction of sp³-hybridized carbons (Fsp3) is 0.115. The Hall–Kier alpha value is -6.20. The zero-order valence-electron chi connectivity index (χ0n) is 31.2. The molecule has 11 rings (SSSR count). The van der Waals surface area contributed by atoms with Gasteiger partial charge in [0.1, 0.15) is 6.04 Å². The van der Waals surface area contributed by atoms with Gasteiger partial charge in [0.2, 0.25) is 0 Å². The van der Waals surface area contributed by atoms with Crippen LogP contribution in [0, 0.1) is 0 Å². The van der Waals surface area contributed by atoms with Crippen molar-refractivity contribution in [3.05, 3.63) is 216 Å². The normalized spacial score (nSPS) is 21.4. The Morgan fingerprint density at radius 3 is 2.23 bits per heavy atom. The van der Waals surface area contributed by atoms with Gasteiger partial charge in [-0.2, -0.15) is 0 Å². The van der Waals surface area contributed by atoms with E-state index in [9.17, 15) is 0 Å². The van der Waals surface area contributed by atoms with Crippen molar-refractivity contribution in [1.82, 2.24) is 0 Å². The lowest BCUT2D eigenvalue weighted by Crippen LogP contribution is -2.96. The lowest BCUT2D eigenvalue weighted by atomic mass is 9.85.